The summed E-state index contributed by atoms with van der Waals surface area (Å²) in [6.45, 7) is 0.730. The Morgan fingerprint density at radius 1 is 1.53 bits per heavy atom. The van der Waals surface area contributed by atoms with E-state index in [9.17, 15) is 0 Å². The number of rotatable bonds is 4. The van der Waals surface area contributed by atoms with Gasteiger partial charge >= 0.3 is 0 Å². The summed E-state index contributed by atoms with van der Waals surface area (Å²) >= 11 is 1.97. The van der Waals surface area contributed by atoms with Crippen LogP contribution in [0.5, 0.6) is 0 Å². The molecule has 0 aliphatic heterocycles. The summed E-state index contributed by atoms with van der Waals surface area (Å²) in [5.41, 5.74) is 0. The maximum Gasteiger partial charge on any atom is 0.203 e. The average molecular weight is 250 g/mol. The fourth-order valence-corrected chi connectivity index (χ4v) is 3.15. The van der Waals surface area contributed by atoms with Crippen LogP contribution in [0.25, 0.3) is 0 Å². The molecule has 0 radical (unpaired) electrons. The molecule has 1 N–H and O–H groups in total. The molecule has 1 aliphatic carbocycles. The predicted octanol–water partition coefficient (Wildman–Crippen LogP) is 2.92. The van der Waals surface area contributed by atoms with E-state index in [1.807, 2.05) is 23.9 Å². The molecule has 1 heterocycles. The van der Waals surface area contributed by atoms with E-state index in [2.05, 4.69) is 11.6 Å². The van der Waals surface area contributed by atoms with Crippen molar-refractivity contribution < 1.29 is 4.42 Å². The fourth-order valence-electron chi connectivity index (χ4n) is 2.32. The standard InChI is InChI=1S/C13H18N2OS/c1-17-13-4-2-3-10(7-13)15-9-12-6-5-11(8-14)16-12/h5-6,10,13,15H,2-4,7,9H2,1H3. The van der Waals surface area contributed by atoms with Crippen LogP contribution >= 0.6 is 11.8 Å². The molecule has 0 amide bonds. The van der Waals surface area contributed by atoms with E-state index in [1.165, 1.54) is 25.7 Å². The minimum atomic E-state index is 0.396. The third-order valence-electron chi connectivity index (χ3n) is 3.30. The summed E-state index contributed by atoms with van der Waals surface area (Å²) in [4.78, 5) is 0. The van der Waals surface area contributed by atoms with Gasteiger partial charge in [-0.3, -0.25) is 0 Å². The van der Waals surface area contributed by atoms with Crippen molar-refractivity contribution in [3.8, 4) is 6.07 Å². The van der Waals surface area contributed by atoms with E-state index in [4.69, 9.17) is 9.68 Å². The molecule has 0 saturated heterocycles. The Balaban J connectivity index is 1.79. The maximum absolute atomic E-state index is 8.67. The largest absolute Gasteiger partial charge is 0.449 e. The lowest BCUT2D eigenvalue weighted by atomic mass is 9.95. The molecular weight excluding hydrogens is 232 g/mol. The Bertz CT molecular complexity index is 396. The summed E-state index contributed by atoms with van der Waals surface area (Å²) in [6, 6.07) is 6.20. The minimum Gasteiger partial charge on any atom is -0.449 e. The second-order valence-corrected chi connectivity index (χ2v) is 5.62. The van der Waals surface area contributed by atoms with Crippen LogP contribution in [0, 0.1) is 11.3 Å². The highest BCUT2D eigenvalue weighted by molar-refractivity contribution is 7.99. The van der Waals surface area contributed by atoms with Gasteiger partial charge in [0, 0.05) is 11.3 Å². The first-order chi connectivity index (χ1) is 8.31. The van der Waals surface area contributed by atoms with Crippen LogP contribution in [0.15, 0.2) is 16.5 Å². The molecule has 4 heteroatoms. The monoisotopic (exact) mass is 250 g/mol. The molecule has 2 unspecified atom stereocenters. The predicted molar refractivity (Wildman–Crippen MR) is 69.8 cm³/mol. The maximum atomic E-state index is 8.67. The Labute approximate surface area is 107 Å². The number of nitrogens with zero attached hydrogens (tertiary/aromatic N) is 1. The lowest BCUT2D eigenvalue weighted by Crippen LogP contribution is -2.34. The van der Waals surface area contributed by atoms with Crippen LogP contribution in [0.2, 0.25) is 0 Å². The van der Waals surface area contributed by atoms with Crippen LogP contribution in [-0.4, -0.2) is 17.5 Å². The highest BCUT2D eigenvalue weighted by Crippen LogP contribution is 2.27. The Morgan fingerprint density at radius 3 is 3.12 bits per heavy atom. The Kier molecular flexibility index (Phi) is 4.52. The van der Waals surface area contributed by atoms with Crippen molar-refractivity contribution in [1.82, 2.24) is 5.32 Å². The second-order valence-electron chi connectivity index (χ2n) is 4.48. The molecule has 0 bridgehead atoms. The van der Waals surface area contributed by atoms with E-state index >= 15 is 0 Å². The van der Waals surface area contributed by atoms with Crippen molar-refractivity contribution in [2.75, 3.05) is 6.26 Å². The Morgan fingerprint density at radius 2 is 2.41 bits per heavy atom. The zero-order chi connectivity index (χ0) is 12.1. The van der Waals surface area contributed by atoms with Gasteiger partial charge in [-0.15, -0.1) is 0 Å². The first-order valence-electron chi connectivity index (χ1n) is 6.07. The van der Waals surface area contributed by atoms with Crippen LogP contribution in [0.1, 0.15) is 37.2 Å². The van der Waals surface area contributed by atoms with Crippen molar-refractivity contribution in [2.24, 2.45) is 0 Å². The molecule has 2 rings (SSSR count). The molecule has 1 aliphatic rings. The smallest absolute Gasteiger partial charge is 0.203 e. The first-order valence-corrected chi connectivity index (χ1v) is 7.35. The van der Waals surface area contributed by atoms with Gasteiger partial charge in [0.1, 0.15) is 11.8 Å². The van der Waals surface area contributed by atoms with Crippen LogP contribution < -0.4 is 5.32 Å². The molecule has 92 valence electrons. The van der Waals surface area contributed by atoms with Crippen LogP contribution in [-0.2, 0) is 6.54 Å². The van der Waals surface area contributed by atoms with E-state index in [-0.39, 0.29) is 0 Å². The van der Waals surface area contributed by atoms with E-state index in [1.54, 1.807) is 6.07 Å². The third-order valence-corrected chi connectivity index (χ3v) is 4.39. The molecule has 3 nitrogen and oxygen atoms in total. The van der Waals surface area contributed by atoms with E-state index < -0.39 is 0 Å². The molecule has 1 fully saturated rings. The SMILES string of the molecule is CSC1CCCC(NCc2ccc(C#N)o2)C1. The number of furan rings is 1. The number of hydrogen-bond acceptors (Lipinski definition) is 4. The quantitative estimate of drug-likeness (QED) is 0.892. The van der Waals surface area contributed by atoms with Crippen molar-refractivity contribution in [2.45, 2.75) is 43.5 Å². The van der Waals surface area contributed by atoms with Gasteiger partial charge in [0.15, 0.2) is 0 Å². The molecular formula is C13H18N2OS. The average Bonchev–Trinajstić information content (AvgIpc) is 2.84. The van der Waals surface area contributed by atoms with Crippen molar-refractivity contribution in [3.05, 3.63) is 23.7 Å². The van der Waals surface area contributed by atoms with Crippen molar-refractivity contribution in [1.29, 1.82) is 5.26 Å². The van der Waals surface area contributed by atoms with Gasteiger partial charge in [0.25, 0.3) is 0 Å². The number of nitriles is 1. The molecule has 1 saturated carbocycles. The highest BCUT2D eigenvalue weighted by atomic mass is 32.2. The third kappa shape index (κ3) is 3.52. The van der Waals surface area contributed by atoms with Gasteiger partial charge < -0.3 is 9.73 Å². The van der Waals surface area contributed by atoms with Crippen LogP contribution in [0.4, 0.5) is 0 Å². The van der Waals surface area contributed by atoms with Gasteiger partial charge in [-0.05, 0) is 37.7 Å². The van der Waals surface area contributed by atoms with Gasteiger partial charge in [-0.25, -0.2) is 0 Å². The zero-order valence-electron chi connectivity index (χ0n) is 10.1. The second kappa shape index (κ2) is 6.13. The normalized spacial score (nSPS) is 24.5. The van der Waals surface area contributed by atoms with Gasteiger partial charge in [-0.1, -0.05) is 6.42 Å². The molecule has 2 atom stereocenters. The molecule has 1 aromatic heterocycles. The fraction of sp³-hybridized carbons (Fsp3) is 0.615. The number of hydrogen-bond donors (Lipinski definition) is 1. The number of thioether (sulfide) groups is 1. The van der Waals surface area contributed by atoms with Gasteiger partial charge in [0.05, 0.1) is 6.54 Å². The van der Waals surface area contributed by atoms with Gasteiger partial charge in [0.2, 0.25) is 5.76 Å². The topological polar surface area (TPSA) is 49.0 Å². The van der Waals surface area contributed by atoms with E-state index in [0.29, 0.717) is 11.8 Å². The molecule has 17 heavy (non-hydrogen) atoms. The molecule has 1 aromatic rings. The van der Waals surface area contributed by atoms with E-state index in [0.717, 1.165) is 17.6 Å². The minimum absolute atomic E-state index is 0.396. The highest BCUT2D eigenvalue weighted by Gasteiger charge is 2.20. The Hall–Kier alpha value is -0.920. The molecule has 0 spiro atoms. The summed E-state index contributed by atoms with van der Waals surface area (Å²) < 4.78 is 5.35. The summed E-state index contributed by atoms with van der Waals surface area (Å²) in [5, 5.41) is 13.0. The first kappa shape index (κ1) is 12.5. The lowest BCUT2D eigenvalue weighted by Gasteiger charge is -2.28. The summed E-state index contributed by atoms with van der Waals surface area (Å²) in [5.74, 6) is 1.25. The van der Waals surface area contributed by atoms with Crippen LogP contribution in [0.3, 0.4) is 0 Å². The van der Waals surface area contributed by atoms with Crippen molar-refractivity contribution in [3.63, 3.8) is 0 Å². The molecule has 0 aromatic carbocycles. The number of nitrogens with one attached hydrogen (secondary N) is 1. The van der Waals surface area contributed by atoms with Crippen molar-refractivity contribution >= 4 is 11.8 Å². The lowest BCUT2D eigenvalue weighted by molar-refractivity contribution is 0.361. The zero-order valence-corrected chi connectivity index (χ0v) is 10.9. The summed E-state index contributed by atoms with van der Waals surface area (Å²) in [6.07, 6.45) is 7.35. The summed E-state index contributed by atoms with van der Waals surface area (Å²) in [7, 11) is 0. The van der Waals surface area contributed by atoms with Gasteiger partial charge in [-0.2, -0.15) is 17.0 Å².